The fourth-order valence-corrected chi connectivity index (χ4v) is 1.35. The lowest BCUT2D eigenvalue weighted by molar-refractivity contribution is -0.0385. The van der Waals surface area contributed by atoms with Crippen LogP contribution in [0.15, 0.2) is 15.9 Å². The van der Waals surface area contributed by atoms with Crippen LogP contribution in [0.1, 0.15) is 5.82 Å². The maximum Gasteiger partial charge on any atom is 0.476 e. The van der Waals surface area contributed by atoms with E-state index in [1.54, 1.807) is 0 Å². The molecule has 1 rings (SSSR count). The predicted octanol–water partition coefficient (Wildman–Crippen LogP) is 0.706. The summed E-state index contributed by atoms with van der Waals surface area (Å²) >= 11 is 0. The number of hydrogen-bond acceptors (Lipinski definition) is 3. The van der Waals surface area contributed by atoms with Crippen molar-refractivity contribution in [3.8, 4) is 0 Å². The summed E-state index contributed by atoms with van der Waals surface area (Å²) in [4.78, 5) is 15.5. The lowest BCUT2D eigenvalue weighted by Crippen LogP contribution is -2.24. The third kappa shape index (κ3) is 2.19. The van der Waals surface area contributed by atoms with E-state index in [0.29, 0.717) is 6.20 Å². The third-order valence-corrected chi connectivity index (χ3v) is 2.41. The predicted molar refractivity (Wildman–Crippen MR) is 42.1 cm³/mol. The summed E-state index contributed by atoms with van der Waals surface area (Å²) in [5.74, 6) is 0.165. The smallest absolute Gasteiger partial charge is 0.310 e. The van der Waals surface area contributed by atoms with Crippen LogP contribution in [0, 0.1) is 6.92 Å². The number of aromatic amines is 1. The van der Waals surface area contributed by atoms with Crippen LogP contribution in [0.5, 0.6) is 0 Å². The third-order valence-electron chi connectivity index (χ3n) is 1.30. The van der Waals surface area contributed by atoms with E-state index in [4.69, 9.17) is 0 Å². The minimum absolute atomic E-state index is 0.165. The van der Waals surface area contributed by atoms with Gasteiger partial charge in [0.2, 0.25) is 0 Å². The molecule has 1 atom stereocenters. The van der Waals surface area contributed by atoms with E-state index in [2.05, 4.69) is 4.98 Å². The number of aromatic nitrogens is 2. The van der Waals surface area contributed by atoms with E-state index in [-0.39, 0.29) is 5.82 Å². The second kappa shape index (κ2) is 3.52. The van der Waals surface area contributed by atoms with Gasteiger partial charge in [-0.05, 0) is 6.92 Å². The van der Waals surface area contributed by atoms with Crippen LogP contribution in [0.2, 0.25) is 0 Å². The highest BCUT2D eigenvalue weighted by atomic mass is 32.2. The molecule has 1 heterocycles. The van der Waals surface area contributed by atoms with E-state index in [9.17, 15) is 22.2 Å². The molecular weight excluding hydrogens is 221 g/mol. The highest BCUT2D eigenvalue weighted by Crippen LogP contribution is 2.23. The van der Waals surface area contributed by atoms with Crippen LogP contribution in [-0.2, 0) is 10.8 Å². The lowest BCUT2D eigenvalue weighted by atomic mass is 10.6. The monoisotopic (exact) mass is 226 g/mol. The molecule has 0 radical (unpaired) electrons. The Morgan fingerprint density at radius 1 is 1.50 bits per heavy atom. The summed E-state index contributed by atoms with van der Waals surface area (Å²) in [6, 6.07) is 0. The van der Waals surface area contributed by atoms with E-state index < -0.39 is 26.8 Å². The van der Waals surface area contributed by atoms with Gasteiger partial charge in [0.1, 0.15) is 10.7 Å². The molecule has 0 saturated carbocycles. The molecule has 0 aromatic carbocycles. The average Bonchev–Trinajstić information content (AvgIpc) is 2.01. The van der Waals surface area contributed by atoms with Gasteiger partial charge in [-0.25, -0.2) is 9.19 Å². The SMILES string of the molecule is Cc1ncc(S(=O)C(F)(F)F)c(=O)[nH]1. The number of hydrogen-bond donors (Lipinski definition) is 1. The molecule has 1 aromatic rings. The molecule has 0 aliphatic carbocycles. The first kappa shape index (κ1) is 10.9. The van der Waals surface area contributed by atoms with Crippen LogP contribution in [-0.4, -0.2) is 19.7 Å². The number of nitrogens with zero attached hydrogens (tertiary/aromatic N) is 1. The van der Waals surface area contributed by atoms with Crippen molar-refractivity contribution in [2.75, 3.05) is 0 Å². The Kier molecular flexibility index (Phi) is 2.74. The van der Waals surface area contributed by atoms with Crippen LogP contribution < -0.4 is 5.56 Å². The summed E-state index contributed by atoms with van der Waals surface area (Å²) in [5, 5.41) is 0. The Balaban J connectivity index is 3.22. The molecule has 1 aromatic heterocycles. The molecule has 0 spiro atoms. The highest BCUT2D eigenvalue weighted by molar-refractivity contribution is 7.85. The summed E-state index contributed by atoms with van der Waals surface area (Å²) in [6.07, 6.45) is 0.664. The zero-order chi connectivity index (χ0) is 10.9. The summed E-state index contributed by atoms with van der Waals surface area (Å²) in [5.41, 5.74) is -5.97. The van der Waals surface area contributed by atoms with Gasteiger partial charge in [0.05, 0.1) is 6.20 Å². The summed E-state index contributed by atoms with van der Waals surface area (Å²) < 4.78 is 46.5. The first-order valence-electron chi connectivity index (χ1n) is 3.37. The zero-order valence-electron chi connectivity index (χ0n) is 6.88. The van der Waals surface area contributed by atoms with Gasteiger partial charge in [-0.3, -0.25) is 4.79 Å². The van der Waals surface area contributed by atoms with Crippen LogP contribution in [0.3, 0.4) is 0 Å². The van der Waals surface area contributed by atoms with Gasteiger partial charge in [0.25, 0.3) is 5.56 Å². The van der Waals surface area contributed by atoms with Crippen LogP contribution in [0.4, 0.5) is 13.2 Å². The molecule has 1 unspecified atom stereocenters. The minimum Gasteiger partial charge on any atom is -0.310 e. The van der Waals surface area contributed by atoms with Gasteiger partial charge >= 0.3 is 5.51 Å². The van der Waals surface area contributed by atoms with Gasteiger partial charge in [0.15, 0.2) is 10.8 Å². The summed E-state index contributed by atoms with van der Waals surface area (Å²) in [7, 11) is -3.33. The van der Waals surface area contributed by atoms with Gasteiger partial charge in [-0.2, -0.15) is 13.2 Å². The van der Waals surface area contributed by atoms with Crippen molar-refractivity contribution >= 4 is 10.8 Å². The molecule has 0 amide bonds. The Morgan fingerprint density at radius 3 is 2.50 bits per heavy atom. The Morgan fingerprint density at radius 2 is 2.07 bits per heavy atom. The molecule has 0 aliphatic rings. The Hall–Kier alpha value is -1.18. The second-order valence-corrected chi connectivity index (χ2v) is 3.82. The van der Waals surface area contributed by atoms with Crippen molar-refractivity contribution in [1.82, 2.24) is 9.97 Å². The van der Waals surface area contributed by atoms with Crippen molar-refractivity contribution in [3.63, 3.8) is 0 Å². The van der Waals surface area contributed by atoms with Gasteiger partial charge in [-0.1, -0.05) is 0 Å². The molecule has 0 fully saturated rings. The van der Waals surface area contributed by atoms with Gasteiger partial charge in [0, 0.05) is 0 Å². The largest absolute Gasteiger partial charge is 0.476 e. The minimum atomic E-state index is -4.94. The molecule has 0 aliphatic heterocycles. The normalized spacial score (nSPS) is 14.0. The topological polar surface area (TPSA) is 62.8 Å². The number of halogens is 3. The Bertz CT molecular complexity index is 426. The van der Waals surface area contributed by atoms with E-state index >= 15 is 0 Å². The molecule has 0 saturated heterocycles. The molecule has 14 heavy (non-hydrogen) atoms. The maximum absolute atomic E-state index is 11.9. The molecule has 1 N–H and O–H groups in total. The zero-order valence-corrected chi connectivity index (χ0v) is 7.70. The molecule has 8 heteroatoms. The number of rotatable bonds is 1. The van der Waals surface area contributed by atoms with Crippen molar-refractivity contribution in [3.05, 3.63) is 22.4 Å². The molecular formula is C6H5F3N2O2S. The fourth-order valence-electron chi connectivity index (χ4n) is 0.729. The van der Waals surface area contributed by atoms with Crippen LogP contribution >= 0.6 is 0 Å². The summed E-state index contributed by atoms with van der Waals surface area (Å²) in [6.45, 7) is 1.40. The van der Waals surface area contributed by atoms with Gasteiger partial charge in [-0.15, -0.1) is 0 Å². The van der Waals surface area contributed by atoms with Crippen molar-refractivity contribution in [2.24, 2.45) is 0 Å². The molecule has 78 valence electrons. The number of aryl methyl sites for hydroxylation is 1. The molecule has 0 bridgehead atoms. The lowest BCUT2D eigenvalue weighted by Gasteiger charge is -2.04. The number of nitrogens with one attached hydrogen (secondary N) is 1. The molecule has 4 nitrogen and oxygen atoms in total. The van der Waals surface area contributed by atoms with E-state index in [0.717, 1.165) is 0 Å². The van der Waals surface area contributed by atoms with Gasteiger partial charge < -0.3 is 4.98 Å². The van der Waals surface area contributed by atoms with E-state index in [1.165, 1.54) is 6.92 Å². The average molecular weight is 226 g/mol. The van der Waals surface area contributed by atoms with Crippen molar-refractivity contribution < 1.29 is 17.4 Å². The highest BCUT2D eigenvalue weighted by Gasteiger charge is 2.39. The first-order valence-corrected chi connectivity index (χ1v) is 4.52. The number of H-pyrrole nitrogens is 1. The maximum atomic E-state index is 11.9. The first-order chi connectivity index (χ1) is 6.32. The number of alkyl halides is 3. The standard InChI is InChI=1S/C6H5F3N2O2S/c1-3-10-2-4(5(12)11-3)14(13)6(7,8)9/h2H,1H3,(H,10,11,12). The Labute approximate surface area is 78.6 Å². The van der Waals surface area contributed by atoms with Crippen molar-refractivity contribution in [1.29, 1.82) is 0 Å². The van der Waals surface area contributed by atoms with Crippen LogP contribution in [0.25, 0.3) is 0 Å². The second-order valence-electron chi connectivity index (χ2n) is 2.38. The van der Waals surface area contributed by atoms with E-state index in [1.807, 2.05) is 4.98 Å². The van der Waals surface area contributed by atoms with Crippen molar-refractivity contribution in [2.45, 2.75) is 17.3 Å². The fraction of sp³-hybridized carbons (Fsp3) is 0.333. The quantitative estimate of drug-likeness (QED) is 0.766.